The molecule has 0 aromatic rings. The van der Waals surface area contributed by atoms with Crippen molar-refractivity contribution >= 4 is 0 Å². The molecule has 0 spiro atoms. The first kappa shape index (κ1) is 10.5. The van der Waals surface area contributed by atoms with Gasteiger partial charge in [-0.3, -0.25) is 0 Å². The van der Waals surface area contributed by atoms with Crippen LogP contribution in [-0.4, -0.2) is 30.5 Å². The Hall–Kier alpha value is -0.620. The topological polar surface area (TPSA) is 3.24 Å². The van der Waals surface area contributed by atoms with Gasteiger partial charge in [0.05, 0.1) is 0 Å². The van der Waals surface area contributed by atoms with Crippen molar-refractivity contribution in [3.63, 3.8) is 0 Å². The number of terminal acetylenes is 1. The van der Waals surface area contributed by atoms with Gasteiger partial charge in [-0.2, -0.15) is 0 Å². The zero-order valence-corrected chi connectivity index (χ0v) is 7.73. The van der Waals surface area contributed by atoms with Crippen LogP contribution in [0.2, 0.25) is 0 Å². The Bertz CT molecular complexity index is 186. The van der Waals surface area contributed by atoms with Gasteiger partial charge in [0, 0.05) is 32.4 Å². The van der Waals surface area contributed by atoms with E-state index in [0.717, 1.165) is 19.4 Å². The molecule has 0 aromatic carbocycles. The Balaban J connectivity index is 2.15. The highest BCUT2D eigenvalue weighted by Gasteiger charge is 2.33. The van der Waals surface area contributed by atoms with E-state index in [9.17, 15) is 8.78 Å². The summed E-state index contributed by atoms with van der Waals surface area (Å²) in [7, 11) is 0. The van der Waals surface area contributed by atoms with Crippen molar-refractivity contribution in [1.29, 1.82) is 0 Å². The minimum Gasteiger partial charge on any atom is -0.303 e. The Labute approximate surface area is 78.1 Å². The summed E-state index contributed by atoms with van der Waals surface area (Å²) >= 11 is 0. The number of alkyl halides is 2. The number of rotatable bonds is 3. The second-order valence-electron chi connectivity index (χ2n) is 3.51. The fraction of sp³-hybridized carbons (Fsp3) is 0.800. The minimum absolute atomic E-state index is 0.00303. The van der Waals surface area contributed by atoms with E-state index in [0.29, 0.717) is 13.1 Å². The number of nitrogens with zero attached hydrogens (tertiary/aromatic N) is 1. The molecule has 1 rings (SSSR count). The van der Waals surface area contributed by atoms with Crippen molar-refractivity contribution in [3.05, 3.63) is 0 Å². The molecule has 1 nitrogen and oxygen atoms in total. The third-order valence-electron chi connectivity index (χ3n) is 2.38. The molecule has 0 radical (unpaired) electrons. The fourth-order valence-electron chi connectivity index (χ4n) is 1.51. The molecular formula is C10H15F2N. The third-order valence-corrected chi connectivity index (χ3v) is 2.38. The zero-order chi connectivity index (χ0) is 9.73. The number of likely N-dealkylation sites (tertiary alicyclic amines) is 1. The van der Waals surface area contributed by atoms with Crippen molar-refractivity contribution in [1.82, 2.24) is 4.90 Å². The Morgan fingerprint density at radius 2 is 1.92 bits per heavy atom. The minimum atomic E-state index is -2.43. The molecule has 0 bridgehead atoms. The number of halogens is 2. The quantitative estimate of drug-likeness (QED) is 0.483. The van der Waals surface area contributed by atoms with Crippen molar-refractivity contribution in [2.45, 2.75) is 31.6 Å². The number of hydrogen-bond donors (Lipinski definition) is 0. The van der Waals surface area contributed by atoms with Gasteiger partial charge in [0.2, 0.25) is 0 Å². The van der Waals surface area contributed by atoms with E-state index in [1.54, 1.807) is 0 Å². The summed E-state index contributed by atoms with van der Waals surface area (Å²) in [4.78, 5) is 2.06. The normalized spacial score (nSPS) is 22.5. The fourth-order valence-corrected chi connectivity index (χ4v) is 1.51. The molecule has 3 heteroatoms. The van der Waals surface area contributed by atoms with Gasteiger partial charge in [0.15, 0.2) is 0 Å². The molecule has 74 valence electrons. The van der Waals surface area contributed by atoms with E-state index in [1.165, 1.54) is 0 Å². The lowest BCUT2D eigenvalue weighted by atomic mass is 10.1. The van der Waals surface area contributed by atoms with Crippen LogP contribution in [0.3, 0.4) is 0 Å². The second kappa shape index (κ2) is 4.57. The van der Waals surface area contributed by atoms with Crippen LogP contribution in [0.25, 0.3) is 0 Å². The maximum Gasteiger partial charge on any atom is 0.250 e. The highest BCUT2D eigenvalue weighted by Crippen LogP contribution is 2.27. The molecular weight excluding hydrogens is 172 g/mol. The van der Waals surface area contributed by atoms with Gasteiger partial charge < -0.3 is 4.90 Å². The molecule has 1 aliphatic rings. The summed E-state index contributed by atoms with van der Waals surface area (Å²) in [6, 6.07) is 0. The average Bonchev–Trinajstić information content (AvgIpc) is 2.08. The van der Waals surface area contributed by atoms with Gasteiger partial charge in [-0.05, 0) is 13.0 Å². The Kier molecular flexibility index (Phi) is 3.68. The van der Waals surface area contributed by atoms with E-state index in [2.05, 4.69) is 10.8 Å². The average molecular weight is 187 g/mol. The SMILES string of the molecule is C#CCCCN1CCC(F)(F)CC1. The molecule has 1 fully saturated rings. The number of unbranched alkanes of at least 4 members (excludes halogenated alkanes) is 1. The lowest BCUT2D eigenvalue weighted by Gasteiger charge is -2.31. The first-order valence-electron chi connectivity index (χ1n) is 4.68. The molecule has 0 N–H and O–H groups in total. The summed E-state index contributed by atoms with van der Waals surface area (Å²) in [5.74, 6) is 0.121. The zero-order valence-electron chi connectivity index (χ0n) is 7.73. The predicted molar refractivity (Wildman–Crippen MR) is 48.7 cm³/mol. The molecule has 0 aromatic heterocycles. The summed E-state index contributed by atoms with van der Waals surface area (Å²) in [5, 5.41) is 0. The Morgan fingerprint density at radius 1 is 1.31 bits per heavy atom. The van der Waals surface area contributed by atoms with E-state index in [4.69, 9.17) is 6.42 Å². The summed E-state index contributed by atoms with van der Waals surface area (Å²) in [6.07, 6.45) is 6.77. The van der Waals surface area contributed by atoms with Gasteiger partial charge >= 0.3 is 0 Å². The van der Waals surface area contributed by atoms with Crippen molar-refractivity contribution in [3.8, 4) is 12.3 Å². The van der Waals surface area contributed by atoms with E-state index >= 15 is 0 Å². The third kappa shape index (κ3) is 3.73. The molecule has 1 heterocycles. The lowest BCUT2D eigenvalue weighted by Crippen LogP contribution is -2.39. The maximum atomic E-state index is 12.7. The first-order chi connectivity index (χ1) is 6.14. The van der Waals surface area contributed by atoms with Crippen LogP contribution < -0.4 is 0 Å². The molecule has 0 unspecified atom stereocenters. The van der Waals surface area contributed by atoms with Crippen LogP contribution in [0, 0.1) is 12.3 Å². The van der Waals surface area contributed by atoms with Gasteiger partial charge in [0.1, 0.15) is 0 Å². The maximum absolute atomic E-state index is 12.7. The standard InChI is InChI=1S/C10H15F2N/c1-2-3-4-7-13-8-5-10(11,12)6-9-13/h1H,3-9H2. The monoisotopic (exact) mass is 187 g/mol. The number of piperidine rings is 1. The molecule has 0 amide bonds. The van der Waals surface area contributed by atoms with Crippen LogP contribution in [-0.2, 0) is 0 Å². The summed E-state index contributed by atoms with van der Waals surface area (Å²) in [6.45, 7) is 1.88. The lowest BCUT2D eigenvalue weighted by molar-refractivity contribution is -0.0550. The molecule has 0 atom stereocenters. The molecule has 1 aliphatic heterocycles. The van der Waals surface area contributed by atoms with E-state index in [1.807, 2.05) is 0 Å². The second-order valence-corrected chi connectivity index (χ2v) is 3.51. The van der Waals surface area contributed by atoms with Gasteiger partial charge in [-0.1, -0.05) is 0 Å². The van der Waals surface area contributed by atoms with Gasteiger partial charge in [-0.15, -0.1) is 12.3 Å². The summed E-state index contributed by atoms with van der Waals surface area (Å²) in [5.41, 5.74) is 0. The van der Waals surface area contributed by atoms with Crippen LogP contribution in [0.4, 0.5) is 8.78 Å². The van der Waals surface area contributed by atoms with Crippen molar-refractivity contribution in [2.24, 2.45) is 0 Å². The highest BCUT2D eigenvalue weighted by molar-refractivity contribution is 4.84. The molecule has 0 aliphatic carbocycles. The largest absolute Gasteiger partial charge is 0.303 e. The molecule has 13 heavy (non-hydrogen) atoms. The van der Waals surface area contributed by atoms with Crippen LogP contribution in [0.5, 0.6) is 0 Å². The number of hydrogen-bond acceptors (Lipinski definition) is 1. The van der Waals surface area contributed by atoms with Gasteiger partial charge in [0.25, 0.3) is 5.92 Å². The van der Waals surface area contributed by atoms with Crippen LogP contribution >= 0.6 is 0 Å². The molecule has 1 saturated heterocycles. The Morgan fingerprint density at radius 3 is 2.46 bits per heavy atom. The van der Waals surface area contributed by atoms with Gasteiger partial charge in [-0.25, -0.2) is 8.78 Å². The predicted octanol–water partition coefficient (Wildman–Crippen LogP) is 2.13. The van der Waals surface area contributed by atoms with Crippen molar-refractivity contribution in [2.75, 3.05) is 19.6 Å². The van der Waals surface area contributed by atoms with Crippen LogP contribution in [0.15, 0.2) is 0 Å². The molecule has 0 saturated carbocycles. The van der Waals surface area contributed by atoms with E-state index < -0.39 is 5.92 Å². The smallest absolute Gasteiger partial charge is 0.250 e. The highest BCUT2D eigenvalue weighted by atomic mass is 19.3. The van der Waals surface area contributed by atoms with Crippen molar-refractivity contribution < 1.29 is 8.78 Å². The van der Waals surface area contributed by atoms with E-state index in [-0.39, 0.29) is 12.8 Å². The summed E-state index contributed by atoms with van der Waals surface area (Å²) < 4.78 is 25.4. The first-order valence-corrected chi connectivity index (χ1v) is 4.68. The van der Waals surface area contributed by atoms with Crippen LogP contribution in [0.1, 0.15) is 25.7 Å².